The van der Waals surface area contributed by atoms with Crippen LogP contribution < -0.4 is 9.47 Å². The molecule has 0 saturated carbocycles. The number of likely N-dealkylation sites (tertiary alicyclic amines) is 1. The van der Waals surface area contributed by atoms with Gasteiger partial charge in [-0.05, 0) is 81.1 Å². The molecule has 3 aliphatic rings. The summed E-state index contributed by atoms with van der Waals surface area (Å²) in [5.74, 6) is 2.93. The van der Waals surface area contributed by atoms with Crippen LogP contribution in [-0.4, -0.2) is 68.8 Å². The number of carbonyl (C=O) groups excluding carboxylic acids is 1. The minimum atomic E-state index is -0.0944. The van der Waals surface area contributed by atoms with E-state index in [1.54, 1.807) is 14.2 Å². The van der Waals surface area contributed by atoms with E-state index in [2.05, 4.69) is 21.9 Å². The Morgan fingerprint density at radius 1 is 1.06 bits per heavy atom. The Bertz CT molecular complexity index is 753. The molecule has 172 valence electrons. The van der Waals surface area contributed by atoms with Gasteiger partial charge in [-0.1, -0.05) is 6.07 Å². The first-order valence-corrected chi connectivity index (χ1v) is 11.9. The molecule has 0 unspecified atom stereocenters. The minimum Gasteiger partial charge on any atom is -0.493 e. The molecule has 0 radical (unpaired) electrons. The lowest BCUT2D eigenvalue weighted by Crippen LogP contribution is -2.64. The molecule has 4 atom stereocenters. The Labute approximate surface area is 186 Å². The summed E-state index contributed by atoms with van der Waals surface area (Å²) in [5.41, 5.74) is 1.26. The largest absolute Gasteiger partial charge is 0.493 e. The zero-order chi connectivity index (χ0) is 21.8. The molecule has 6 heteroatoms. The van der Waals surface area contributed by atoms with Crippen molar-refractivity contribution in [3.8, 4) is 11.5 Å². The second-order valence-corrected chi connectivity index (χ2v) is 9.39. The highest BCUT2D eigenvalue weighted by atomic mass is 16.5. The van der Waals surface area contributed by atoms with Crippen molar-refractivity contribution in [1.82, 2.24) is 9.80 Å². The Morgan fingerprint density at radius 2 is 1.84 bits per heavy atom. The van der Waals surface area contributed by atoms with Crippen LogP contribution >= 0.6 is 0 Å². The van der Waals surface area contributed by atoms with E-state index in [9.17, 15) is 4.79 Å². The van der Waals surface area contributed by atoms with Crippen molar-refractivity contribution in [2.45, 2.75) is 63.6 Å². The molecule has 0 aliphatic carbocycles. The van der Waals surface area contributed by atoms with Crippen molar-refractivity contribution in [3.63, 3.8) is 0 Å². The average Bonchev–Trinajstić information content (AvgIpc) is 2.80. The smallest absolute Gasteiger partial charge is 0.305 e. The summed E-state index contributed by atoms with van der Waals surface area (Å²) in [5, 5.41) is 0. The Kier molecular flexibility index (Phi) is 7.39. The lowest BCUT2D eigenvalue weighted by Gasteiger charge is -2.57. The van der Waals surface area contributed by atoms with Crippen molar-refractivity contribution in [3.05, 3.63) is 23.8 Å². The fourth-order valence-electron chi connectivity index (χ4n) is 6.43. The van der Waals surface area contributed by atoms with E-state index in [4.69, 9.17) is 14.2 Å². The van der Waals surface area contributed by atoms with Crippen LogP contribution in [0.2, 0.25) is 0 Å². The number of benzene rings is 1. The van der Waals surface area contributed by atoms with Gasteiger partial charge in [0.15, 0.2) is 11.5 Å². The van der Waals surface area contributed by atoms with Crippen molar-refractivity contribution >= 4 is 5.97 Å². The fraction of sp³-hybridized carbons (Fsp3) is 0.720. The van der Waals surface area contributed by atoms with Gasteiger partial charge in [-0.15, -0.1) is 0 Å². The minimum absolute atomic E-state index is 0.0944. The summed E-state index contributed by atoms with van der Waals surface area (Å²) in [6.07, 6.45) is 7.74. The third-order valence-corrected chi connectivity index (χ3v) is 7.72. The molecule has 0 spiro atoms. The zero-order valence-corrected chi connectivity index (χ0v) is 19.3. The molecule has 3 fully saturated rings. The molecule has 0 N–H and O–H groups in total. The van der Waals surface area contributed by atoms with Crippen LogP contribution in [0.1, 0.15) is 50.5 Å². The quantitative estimate of drug-likeness (QED) is 0.586. The van der Waals surface area contributed by atoms with E-state index < -0.39 is 0 Å². The highest BCUT2D eigenvalue weighted by molar-refractivity contribution is 5.69. The van der Waals surface area contributed by atoms with E-state index in [1.807, 2.05) is 6.07 Å². The first-order valence-electron chi connectivity index (χ1n) is 11.9. The van der Waals surface area contributed by atoms with Gasteiger partial charge in [-0.3, -0.25) is 14.6 Å². The number of esters is 1. The van der Waals surface area contributed by atoms with Crippen LogP contribution in [0.5, 0.6) is 11.5 Å². The number of rotatable bonds is 8. The molecule has 0 bridgehead atoms. The van der Waals surface area contributed by atoms with Gasteiger partial charge in [0.25, 0.3) is 0 Å². The summed E-state index contributed by atoms with van der Waals surface area (Å²) in [6.45, 7) is 4.60. The number of hydrogen-bond acceptors (Lipinski definition) is 6. The normalized spacial score (nSPS) is 28.6. The second kappa shape index (κ2) is 10.2. The van der Waals surface area contributed by atoms with Gasteiger partial charge in [0.1, 0.15) is 0 Å². The van der Waals surface area contributed by atoms with Crippen LogP contribution in [0, 0.1) is 11.8 Å². The molecule has 3 heterocycles. The SMILES string of the molecule is COC(=O)CCC[C@@H]1[C@H]2CCCN3CCC[C@H](CN1Cc1ccc(OC)c(OC)c1)[C@@H]23. The molecule has 31 heavy (non-hydrogen) atoms. The lowest BCUT2D eigenvalue weighted by atomic mass is 9.69. The maximum absolute atomic E-state index is 11.7. The monoisotopic (exact) mass is 430 g/mol. The molecular weight excluding hydrogens is 392 g/mol. The van der Waals surface area contributed by atoms with Gasteiger partial charge in [-0.25, -0.2) is 0 Å². The molecule has 3 saturated heterocycles. The molecule has 3 aliphatic heterocycles. The third kappa shape index (κ3) is 4.85. The van der Waals surface area contributed by atoms with Crippen molar-refractivity contribution in [1.29, 1.82) is 0 Å². The predicted molar refractivity (Wildman–Crippen MR) is 120 cm³/mol. The Balaban J connectivity index is 1.55. The number of ether oxygens (including phenoxy) is 3. The van der Waals surface area contributed by atoms with Gasteiger partial charge in [-0.2, -0.15) is 0 Å². The number of nitrogens with zero attached hydrogens (tertiary/aromatic N) is 2. The summed E-state index contributed by atoms with van der Waals surface area (Å²) >= 11 is 0. The summed E-state index contributed by atoms with van der Waals surface area (Å²) < 4.78 is 15.9. The van der Waals surface area contributed by atoms with E-state index in [0.29, 0.717) is 18.4 Å². The van der Waals surface area contributed by atoms with E-state index >= 15 is 0 Å². The number of methoxy groups -OCH3 is 3. The second-order valence-electron chi connectivity index (χ2n) is 9.39. The first-order chi connectivity index (χ1) is 15.1. The van der Waals surface area contributed by atoms with Crippen LogP contribution in [0.3, 0.4) is 0 Å². The van der Waals surface area contributed by atoms with Gasteiger partial charge < -0.3 is 14.2 Å². The highest BCUT2D eigenvalue weighted by Crippen LogP contribution is 2.44. The van der Waals surface area contributed by atoms with Crippen molar-refractivity contribution in [2.75, 3.05) is 41.0 Å². The van der Waals surface area contributed by atoms with E-state index in [1.165, 1.54) is 51.4 Å². The van der Waals surface area contributed by atoms with Gasteiger partial charge in [0.2, 0.25) is 0 Å². The average molecular weight is 431 g/mol. The molecular formula is C25H38N2O4. The van der Waals surface area contributed by atoms with Gasteiger partial charge >= 0.3 is 5.97 Å². The van der Waals surface area contributed by atoms with Crippen LogP contribution in [0.4, 0.5) is 0 Å². The topological polar surface area (TPSA) is 51.2 Å². The number of piperidine rings is 3. The number of hydrogen-bond donors (Lipinski definition) is 0. The van der Waals surface area contributed by atoms with Crippen LogP contribution in [-0.2, 0) is 16.1 Å². The maximum Gasteiger partial charge on any atom is 0.305 e. The van der Waals surface area contributed by atoms with Crippen LogP contribution in [0.15, 0.2) is 18.2 Å². The summed E-state index contributed by atoms with van der Waals surface area (Å²) in [4.78, 5) is 17.2. The van der Waals surface area contributed by atoms with Gasteiger partial charge in [0.05, 0.1) is 21.3 Å². The summed E-state index contributed by atoms with van der Waals surface area (Å²) in [6, 6.07) is 7.53. The van der Waals surface area contributed by atoms with Crippen LogP contribution in [0.25, 0.3) is 0 Å². The van der Waals surface area contributed by atoms with Gasteiger partial charge in [0, 0.05) is 31.6 Å². The molecule has 0 aromatic heterocycles. The Morgan fingerprint density at radius 3 is 2.58 bits per heavy atom. The maximum atomic E-state index is 11.7. The molecule has 0 amide bonds. The van der Waals surface area contributed by atoms with E-state index in [0.717, 1.165) is 49.4 Å². The molecule has 1 aromatic carbocycles. The predicted octanol–water partition coefficient (Wildman–Crippen LogP) is 3.72. The third-order valence-electron chi connectivity index (χ3n) is 7.72. The molecule has 1 aromatic rings. The molecule has 6 nitrogen and oxygen atoms in total. The highest BCUT2D eigenvalue weighted by Gasteiger charge is 2.48. The zero-order valence-electron chi connectivity index (χ0n) is 19.3. The lowest BCUT2D eigenvalue weighted by molar-refractivity contribution is -0.141. The Hall–Kier alpha value is -1.79. The van der Waals surface area contributed by atoms with Crippen molar-refractivity contribution < 1.29 is 19.0 Å². The molecule has 4 rings (SSSR count). The van der Waals surface area contributed by atoms with E-state index in [-0.39, 0.29) is 5.97 Å². The van der Waals surface area contributed by atoms with Crippen molar-refractivity contribution in [2.24, 2.45) is 11.8 Å². The fourth-order valence-corrected chi connectivity index (χ4v) is 6.43. The first kappa shape index (κ1) is 22.4. The standard InChI is InChI=1S/C25H38N2O4/c1-29-22-12-11-18(15-23(22)30-2)16-27-17-19-7-5-13-26-14-6-8-20(25(19)26)21(27)9-4-10-24(28)31-3/h11-12,15,19-21,25H,4-10,13-14,16-17H2,1-3H3/t19-,20-,21-,25+/m1/s1. The number of carbonyl (C=O) groups is 1. The summed E-state index contributed by atoms with van der Waals surface area (Å²) in [7, 11) is 4.86.